The van der Waals surface area contributed by atoms with Crippen LogP contribution in [0.4, 0.5) is 15.8 Å². The molecule has 0 heterocycles. The lowest BCUT2D eigenvalue weighted by molar-refractivity contribution is 0.102. The normalized spacial score (nSPS) is 10.3. The van der Waals surface area contributed by atoms with Gasteiger partial charge in [-0.25, -0.2) is 4.39 Å². The number of nitrogen functional groups attached to an aromatic ring is 1. The minimum atomic E-state index is -0.439. The van der Waals surface area contributed by atoms with Crippen LogP contribution in [0.15, 0.2) is 34.8 Å². The highest BCUT2D eigenvalue weighted by Crippen LogP contribution is 2.26. The zero-order chi connectivity index (χ0) is 15.6. The SMILES string of the molecule is COc1cc(C(=O)Nc2cc(F)c(Br)cc2C)ccc1N. The van der Waals surface area contributed by atoms with Gasteiger partial charge in [-0.05, 0) is 58.7 Å². The van der Waals surface area contributed by atoms with Crippen LogP contribution in [0, 0.1) is 12.7 Å². The molecule has 21 heavy (non-hydrogen) atoms. The third-order valence-electron chi connectivity index (χ3n) is 3.01. The van der Waals surface area contributed by atoms with E-state index in [0.29, 0.717) is 27.2 Å². The third-order valence-corrected chi connectivity index (χ3v) is 3.62. The second-order valence-electron chi connectivity index (χ2n) is 4.49. The summed E-state index contributed by atoms with van der Waals surface area (Å²) in [5, 5.41) is 2.67. The van der Waals surface area contributed by atoms with E-state index >= 15 is 0 Å². The molecule has 0 atom stereocenters. The first-order valence-electron chi connectivity index (χ1n) is 6.13. The molecule has 2 rings (SSSR count). The first-order valence-corrected chi connectivity index (χ1v) is 6.92. The van der Waals surface area contributed by atoms with Crippen molar-refractivity contribution in [3.05, 3.63) is 51.7 Å². The van der Waals surface area contributed by atoms with Gasteiger partial charge in [0.15, 0.2) is 0 Å². The monoisotopic (exact) mass is 352 g/mol. The predicted molar refractivity (Wildman–Crippen MR) is 84.2 cm³/mol. The van der Waals surface area contributed by atoms with Crippen LogP contribution in [0.25, 0.3) is 0 Å². The lowest BCUT2D eigenvalue weighted by Gasteiger charge is -2.11. The summed E-state index contributed by atoms with van der Waals surface area (Å²) in [6, 6.07) is 7.58. The molecular weight excluding hydrogens is 339 g/mol. The van der Waals surface area contributed by atoms with E-state index < -0.39 is 5.82 Å². The van der Waals surface area contributed by atoms with Gasteiger partial charge < -0.3 is 15.8 Å². The van der Waals surface area contributed by atoms with Crippen molar-refractivity contribution in [3.63, 3.8) is 0 Å². The highest BCUT2D eigenvalue weighted by Gasteiger charge is 2.12. The van der Waals surface area contributed by atoms with Gasteiger partial charge in [-0.15, -0.1) is 0 Å². The maximum atomic E-state index is 13.5. The van der Waals surface area contributed by atoms with E-state index in [4.69, 9.17) is 10.5 Å². The number of anilines is 2. The molecule has 0 aliphatic heterocycles. The Balaban J connectivity index is 2.28. The minimum Gasteiger partial charge on any atom is -0.495 e. The second kappa shape index (κ2) is 6.13. The largest absolute Gasteiger partial charge is 0.495 e. The van der Waals surface area contributed by atoms with Crippen molar-refractivity contribution in [2.24, 2.45) is 0 Å². The molecule has 0 unspecified atom stereocenters. The van der Waals surface area contributed by atoms with E-state index in [9.17, 15) is 9.18 Å². The Kier molecular flexibility index (Phi) is 4.47. The van der Waals surface area contributed by atoms with Crippen LogP contribution in [0.3, 0.4) is 0 Å². The molecule has 0 saturated heterocycles. The van der Waals surface area contributed by atoms with E-state index in [0.717, 1.165) is 5.56 Å². The molecule has 0 aliphatic rings. The number of ether oxygens (including phenoxy) is 1. The summed E-state index contributed by atoms with van der Waals surface area (Å²) in [4.78, 5) is 12.2. The van der Waals surface area contributed by atoms with Crippen LogP contribution < -0.4 is 15.8 Å². The van der Waals surface area contributed by atoms with Gasteiger partial charge >= 0.3 is 0 Å². The van der Waals surface area contributed by atoms with Crippen molar-refractivity contribution in [1.82, 2.24) is 0 Å². The maximum absolute atomic E-state index is 13.5. The highest BCUT2D eigenvalue weighted by molar-refractivity contribution is 9.10. The van der Waals surface area contributed by atoms with Crippen molar-refractivity contribution in [3.8, 4) is 5.75 Å². The van der Waals surface area contributed by atoms with Gasteiger partial charge in [0, 0.05) is 11.3 Å². The number of hydrogen-bond donors (Lipinski definition) is 2. The minimum absolute atomic E-state index is 0.354. The Morgan fingerprint density at radius 1 is 1.33 bits per heavy atom. The fourth-order valence-electron chi connectivity index (χ4n) is 1.83. The Hall–Kier alpha value is -2.08. The van der Waals surface area contributed by atoms with Gasteiger partial charge in [0.25, 0.3) is 5.91 Å². The van der Waals surface area contributed by atoms with Gasteiger partial charge in [0.05, 0.1) is 17.3 Å². The summed E-state index contributed by atoms with van der Waals surface area (Å²) < 4.78 is 19.0. The van der Waals surface area contributed by atoms with E-state index in [1.807, 2.05) is 0 Å². The maximum Gasteiger partial charge on any atom is 0.255 e. The Morgan fingerprint density at radius 3 is 2.71 bits per heavy atom. The van der Waals surface area contributed by atoms with Crippen molar-refractivity contribution < 1.29 is 13.9 Å². The summed E-state index contributed by atoms with van der Waals surface area (Å²) in [6.45, 7) is 1.78. The highest BCUT2D eigenvalue weighted by atomic mass is 79.9. The molecule has 3 N–H and O–H groups in total. The van der Waals surface area contributed by atoms with E-state index in [2.05, 4.69) is 21.2 Å². The number of hydrogen-bond acceptors (Lipinski definition) is 3. The molecule has 2 aromatic carbocycles. The Bertz CT molecular complexity index is 704. The fourth-order valence-corrected chi connectivity index (χ4v) is 2.29. The van der Waals surface area contributed by atoms with Crippen LogP contribution in [0.5, 0.6) is 5.75 Å². The molecule has 0 aliphatic carbocycles. The molecule has 110 valence electrons. The lowest BCUT2D eigenvalue weighted by atomic mass is 10.1. The van der Waals surface area contributed by atoms with E-state index in [1.165, 1.54) is 19.2 Å². The van der Waals surface area contributed by atoms with Crippen molar-refractivity contribution >= 4 is 33.2 Å². The summed E-state index contributed by atoms with van der Waals surface area (Å²) in [5.74, 6) is -0.384. The van der Waals surface area contributed by atoms with Crippen molar-refractivity contribution in [2.75, 3.05) is 18.2 Å². The number of amides is 1. The average Bonchev–Trinajstić information content (AvgIpc) is 2.45. The molecular formula is C15H14BrFN2O2. The number of carbonyl (C=O) groups is 1. The average molecular weight is 353 g/mol. The van der Waals surface area contributed by atoms with E-state index in [1.54, 1.807) is 25.1 Å². The Morgan fingerprint density at radius 2 is 2.05 bits per heavy atom. The lowest BCUT2D eigenvalue weighted by Crippen LogP contribution is -2.13. The number of methoxy groups -OCH3 is 1. The van der Waals surface area contributed by atoms with Gasteiger partial charge in [-0.2, -0.15) is 0 Å². The molecule has 6 heteroatoms. The van der Waals surface area contributed by atoms with Crippen LogP contribution in [0.2, 0.25) is 0 Å². The zero-order valence-corrected chi connectivity index (χ0v) is 13.1. The molecule has 0 fully saturated rings. The molecule has 0 bridgehead atoms. The second-order valence-corrected chi connectivity index (χ2v) is 5.35. The number of aryl methyl sites for hydroxylation is 1. The topological polar surface area (TPSA) is 64.3 Å². The van der Waals surface area contributed by atoms with Gasteiger partial charge in [-0.3, -0.25) is 4.79 Å². The summed E-state index contributed by atoms with van der Waals surface area (Å²) in [6.07, 6.45) is 0. The van der Waals surface area contributed by atoms with E-state index in [-0.39, 0.29) is 5.91 Å². The number of nitrogens with two attached hydrogens (primary N) is 1. The summed E-state index contributed by atoms with van der Waals surface area (Å²) >= 11 is 3.10. The number of halogens is 2. The van der Waals surface area contributed by atoms with Gasteiger partial charge in [0.1, 0.15) is 11.6 Å². The molecule has 0 aromatic heterocycles. The van der Waals surface area contributed by atoms with Crippen LogP contribution >= 0.6 is 15.9 Å². The molecule has 0 saturated carbocycles. The summed E-state index contributed by atoms with van der Waals surface area (Å²) in [5.41, 5.74) is 7.69. The van der Waals surface area contributed by atoms with Gasteiger partial charge in [0.2, 0.25) is 0 Å². The van der Waals surface area contributed by atoms with Crippen molar-refractivity contribution in [1.29, 1.82) is 0 Å². The fraction of sp³-hybridized carbons (Fsp3) is 0.133. The number of nitrogens with one attached hydrogen (secondary N) is 1. The van der Waals surface area contributed by atoms with Gasteiger partial charge in [-0.1, -0.05) is 0 Å². The number of benzene rings is 2. The molecule has 2 aromatic rings. The Labute approximate surface area is 130 Å². The molecule has 0 radical (unpaired) electrons. The van der Waals surface area contributed by atoms with Crippen LogP contribution in [-0.4, -0.2) is 13.0 Å². The predicted octanol–water partition coefficient (Wildman–Crippen LogP) is 3.74. The standard InChI is InChI=1S/C15H14BrFN2O2/c1-8-5-10(16)11(17)7-13(8)19-15(20)9-3-4-12(18)14(6-9)21-2/h3-7H,18H2,1-2H3,(H,19,20). The molecule has 1 amide bonds. The smallest absolute Gasteiger partial charge is 0.255 e. The zero-order valence-electron chi connectivity index (χ0n) is 11.5. The quantitative estimate of drug-likeness (QED) is 0.827. The first kappa shape index (κ1) is 15.3. The van der Waals surface area contributed by atoms with Crippen LogP contribution in [-0.2, 0) is 0 Å². The van der Waals surface area contributed by atoms with Crippen LogP contribution in [0.1, 0.15) is 15.9 Å². The number of carbonyl (C=O) groups excluding carboxylic acids is 1. The molecule has 0 spiro atoms. The molecule has 4 nitrogen and oxygen atoms in total. The van der Waals surface area contributed by atoms with Crippen molar-refractivity contribution in [2.45, 2.75) is 6.92 Å². The first-order chi connectivity index (χ1) is 9.92. The summed E-state index contributed by atoms with van der Waals surface area (Å²) in [7, 11) is 1.47. The third kappa shape index (κ3) is 3.33. The number of rotatable bonds is 3.